The molecule has 1 aromatic rings. The predicted octanol–water partition coefficient (Wildman–Crippen LogP) is 2.84. The number of likely N-dealkylation sites (N-methyl/N-ethyl adjacent to an activating group) is 1. The van der Waals surface area contributed by atoms with Crippen molar-refractivity contribution in [1.82, 2.24) is 5.32 Å². The zero-order chi connectivity index (χ0) is 15.0. The van der Waals surface area contributed by atoms with E-state index < -0.39 is 0 Å². The van der Waals surface area contributed by atoms with Gasteiger partial charge in [0.05, 0.1) is 13.7 Å². The molecule has 1 aromatic carbocycles. The van der Waals surface area contributed by atoms with Gasteiger partial charge in [0.2, 0.25) is 0 Å². The molecule has 0 aromatic heterocycles. The van der Waals surface area contributed by atoms with E-state index in [1.807, 2.05) is 26.1 Å². The van der Waals surface area contributed by atoms with Gasteiger partial charge in [-0.1, -0.05) is 6.07 Å². The van der Waals surface area contributed by atoms with E-state index in [1.165, 1.54) is 11.3 Å². The Morgan fingerprint density at radius 2 is 2.05 bits per heavy atom. The lowest BCUT2D eigenvalue weighted by atomic mass is 10.0. The SMILES string of the molecule is CCOCCN(CC)c1cccc(OC)c1C(C)NC. The monoisotopic (exact) mass is 280 g/mol. The van der Waals surface area contributed by atoms with Crippen LogP contribution in [0.25, 0.3) is 0 Å². The van der Waals surface area contributed by atoms with E-state index in [4.69, 9.17) is 9.47 Å². The molecule has 0 heterocycles. The summed E-state index contributed by atoms with van der Waals surface area (Å²) in [4.78, 5) is 2.33. The third-order valence-corrected chi connectivity index (χ3v) is 3.56. The molecule has 4 nitrogen and oxygen atoms in total. The largest absolute Gasteiger partial charge is 0.496 e. The van der Waals surface area contributed by atoms with Gasteiger partial charge in [-0.2, -0.15) is 0 Å². The summed E-state index contributed by atoms with van der Waals surface area (Å²) in [5.74, 6) is 0.930. The number of ether oxygens (including phenoxy) is 2. The van der Waals surface area contributed by atoms with E-state index in [9.17, 15) is 0 Å². The second-order valence-corrected chi connectivity index (χ2v) is 4.68. The van der Waals surface area contributed by atoms with Gasteiger partial charge in [0.1, 0.15) is 5.75 Å². The Morgan fingerprint density at radius 1 is 1.30 bits per heavy atom. The molecule has 0 spiro atoms. The minimum absolute atomic E-state index is 0.238. The lowest BCUT2D eigenvalue weighted by Gasteiger charge is -2.28. The third kappa shape index (κ3) is 4.12. The van der Waals surface area contributed by atoms with Crippen LogP contribution in [-0.2, 0) is 4.74 Å². The van der Waals surface area contributed by atoms with Crippen molar-refractivity contribution in [3.05, 3.63) is 23.8 Å². The maximum atomic E-state index is 5.53. The predicted molar refractivity (Wildman–Crippen MR) is 84.8 cm³/mol. The minimum atomic E-state index is 0.238. The number of nitrogens with zero attached hydrogens (tertiary/aromatic N) is 1. The summed E-state index contributed by atoms with van der Waals surface area (Å²) in [6.07, 6.45) is 0. The molecule has 0 fully saturated rings. The fourth-order valence-corrected chi connectivity index (χ4v) is 2.33. The second kappa shape index (κ2) is 8.82. The van der Waals surface area contributed by atoms with Crippen LogP contribution in [-0.4, -0.2) is 40.5 Å². The number of hydrogen-bond donors (Lipinski definition) is 1. The smallest absolute Gasteiger partial charge is 0.125 e. The summed E-state index contributed by atoms with van der Waals surface area (Å²) in [5.41, 5.74) is 2.42. The van der Waals surface area contributed by atoms with Crippen molar-refractivity contribution in [3.8, 4) is 5.75 Å². The van der Waals surface area contributed by atoms with Crippen LogP contribution in [0.4, 0.5) is 5.69 Å². The van der Waals surface area contributed by atoms with E-state index in [-0.39, 0.29) is 6.04 Å². The molecule has 20 heavy (non-hydrogen) atoms. The molecule has 0 radical (unpaired) electrons. The Bertz CT molecular complexity index is 396. The average Bonchev–Trinajstić information content (AvgIpc) is 2.50. The molecular weight excluding hydrogens is 252 g/mol. The number of methoxy groups -OCH3 is 1. The molecule has 0 aliphatic heterocycles. The van der Waals surface area contributed by atoms with Crippen molar-refractivity contribution in [1.29, 1.82) is 0 Å². The first-order valence-electron chi connectivity index (χ1n) is 7.36. The van der Waals surface area contributed by atoms with Crippen LogP contribution >= 0.6 is 0 Å². The Balaban J connectivity index is 3.06. The Kier molecular flexibility index (Phi) is 7.41. The van der Waals surface area contributed by atoms with Gasteiger partial charge in [0.25, 0.3) is 0 Å². The maximum Gasteiger partial charge on any atom is 0.125 e. The quantitative estimate of drug-likeness (QED) is 0.705. The molecule has 0 saturated heterocycles. The standard InChI is InChI=1S/C16H28N2O2/c1-6-18(11-12-20-7-2)14-9-8-10-15(19-5)16(14)13(3)17-4/h8-10,13,17H,6-7,11-12H2,1-5H3. The summed E-state index contributed by atoms with van der Waals surface area (Å²) in [6.45, 7) is 9.68. The normalized spacial score (nSPS) is 12.2. The number of benzene rings is 1. The molecule has 0 bridgehead atoms. The molecule has 114 valence electrons. The van der Waals surface area contributed by atoms with Gasteiger partial charge in [0, 0.05) is 37.0 Å². The van der Waals surface area contributed by atoms with E-state index in [1.54, 1.807) is 7.11 Å². The van der Waals surface area contributed by atoms with Crippen molar-refractivity contribution in [2.24, 2.45) is 0 Å². The summed E-state index contributed by atoms with van der Waals surface area (Å²) in [7, 11) is 3.69. The lowest BCUT2D eigenvalue weighted by Crippen LogP contribution is -2.29. The average molecular weight is 280 g/mol. The third-order valence-electron chi connectivity index (χ3n) is 3.56. The van der Waals surface area contributed by atoms with Crippen LogP contribution in [0.2, 0.25) is 0 Å². The molecule has 1 unspecified atom stereocenters. The van der Waals surface area contributed by atoms with E-state index in [0.717, 1.165) is 32.1 Å². The topological polar surface area (TPSA) is 33.7 Å². The van der Waals surface area contributed by atoms with Gasteiger partial charge < -0.3 is 19.7 Å². The van der Waals surface area contributed by atoms with Crippen LogP contribution in [0, 0.1) is 0 Å². The van der Waals surface area contributed by atoms with Gasteiger partial charge in [0.15, 0.2) is 0 Å². The summed E-state index contributed by atoms with van der Waals surface area (Å²) in [5, 5.41) is 3.30. The Morgan fingerprint density at radius 3 is 2.60 bits per heavy atom. The highest BCUT2D eigenvalue weighted by Gasteiger charge is 2.18. The first-order chi connectivity index (χ1) is 9.69. The van der Waals surface area contributed by atoms with Crippen molar-refractivity contribution >= 4 is 5.69 Å². The van der Waals surface area contributed by atoms with Gasteiger partial charge in [-0.3, -0.25) is 0 Å². The summed E-state index contributed by atoms with van der Waals surface area (Å²) >= 11 is 0. The molecular formula is C16H28N2O2. The Labute approximate surface area is 123 Å². The highest BCUT2D eigenvalue weighted by atomic mass is 16.5. The Hall–Kier alpha value is -1.26. The summed E-state index contributed by atoms with van der Waals surface area (Å²) in [6, 6.07) is 6.45. The van der Waals surface area contributed by atoms with Crippen molar-refractivity contribution < 1.29 is 9.47 Å². The van der Waals surface area contributed by atoms with Crippen LogP contribution < -0.4 is 15.0 Å². The van der Waals surface area contributed by atoms with E-state index in [2.05, 4.69) is 30.1 Å². The van der Waals surface area contributed by atoms with Crippen LogP contribution in [0.5, 0.6) is 5.75 Å². The zero-order valence-electron chi connectivity index (χ0n) is 13.4. The molecule has 0 aliphatic carbocycles. The van der Waals surface area contributed by atoms with Crippen molar-refractivity contribution in [3.63, 3.8) is 0 Å². The highest BCUT2D eigenvalue weighted by Crippen LogP contribution is 2.34. The summed E-state index contributed by atoms with van der Waals surface area (Å²) < 4.78 is 11.0. The number of hydrogen-bond acceptors (Lipinski definition) is 4. The highest BCUT2D eigenvalue weighted by molar-refractivity contribution is 5.60. The zero-order valence-corrected chi connectivity index (χ0v) is 13.4. The number of anilines is 1. The maximum absolute atomic E-state index is 5.53. The molecule has 0 amide bonds. The van der Waals surface area contributed by atoms with E-state index in [0.29, 0.717) is 0 Å². The van der Waals surface area contributed by atoms with Crippen LogP contribution in [0.3, 0.4) is 0 Å². The molecule has 1 N–H and O–H groups in total. The molecule has 1 rings (SSSR count). The molecule has 1 atom stereocenters. The fraction of sp³-hybridized carbons (Fsp3) is 0.625. The van der Waals surface area contributed by atoms with Crippen molar-refractivity contribution in [2.75, 3.05) is 45.4 Å². The lowest BCUT2D eigenvalue weighted by molar-refractivity contribution is 0.154. The first-order valence-corrected chi connectivity index (χ1v) is 7.36. The number of nitrogens with one attached hydrogen (secondary N) is 1. The molecule has 4 heteroatoms. The minimum Gasteiger partial charge on any atom is -0.496 e. The van der Waals surface area contributed by atoms with Gasteiger partial charge in [-0.05, 0) is 40.0 Å². The van der Waals surface area contributed by atoms with E-state index >= 15 is 0 Å². The fourth-order valence-electron chi connectivity index (χ4n) is 2.33. The van der Waals surface area contributed by atoms with Gasteiger partial charge in [-0.15, -0.1) is 0 Å². The van der Waals surface area contributed by atoms with Gasteiger partial charge in [-0.25, -0.2) is 0 Å². The number of rotatable bonds is 9. The molecule has 0 aliphatic rings. The van der Waals surface area contributed by atoms with Crippen molar-refractivity contribution in [2.45, 2.75) is 26.8 Å². The van der Waals surface area contributed by atoms with Crippen LogP contribution in [0.15, 0.2) is 18.2 Å². The second-order valence-electron chi connectivity index (χ2n) is 4.68. The first kappa shape index (κ1) is 16.8. The van der Waals surface area contributed by atoms with Gasteiger partial charge >= 0.3 is 0 Å². The molecule has 0 saturated carbocycles. The van der Waals surface area contributed by atoms with Crippen LogP contribution in [0.1, 0.15) is 32.4 Å².